The summed E-state index contributed by atoms with van der Waals surface area (Å²) in [5.74, 6) is -1.08. The second-order valence-corrected chi connectivity index (χ2v) is 7.55. The zero-order valence-corrected chi connectivity index (χ0v) is 17.2. The van der Waals surface area contributed by atoms with Gasteiger partial charge in [0, 0.05) is 0 Å². The first-order valence-electron chi connectivity index (χ1n) is 9.57. The van der Waals surface area contributed by atoms with Crippen molar-refractivity contribution in [2.45, 2.75) is 62.7 Å². The number of carbonyl (C=O) groups is 2. The predicted octanol–water partition coefficient (Wildman–Crippen LogP) is -1.39. The molecule has 0 radical (unpaired) electrons. The third-order valence-corrected chi connectivity index (χ3v) is 4.70. The summed E-state index contributed by atoms with van der Waals surface area (Å²) < 4.78 is 20.3. The minimum atomic E-state index is -1.59. The summed E-state index contributed by atoms with van der Waals surface area (Å²) in [6.45, 7) is 0.672. The van der Waals surface area contributed by atoms with Gasteiger partial charge in [0.05, 0.1) is 32.2 Å². The van der Waals surface area contributed by atoms with E-state index in [1.54, 1.807) is 12.1 Å². The number of methoxy groups -OCH3 is 1. The topological polar surface area (TPSA) is 172 Å². The van der Waals surface area contributed by atoms with Crippen LogP contribution in [0.25, 0.3) is 0 Å². The quantitative estimate of drug-likeness (QED) is 0.284. The lowest BCUT2D eigenvalue weighted by atomic mass is 9.98. The summed E-state index contributed by atoms with van der Waals surface area (Å²) in [7, 11) is 1.18. The van der Waals surface area contributed by atoms with Crippen molar-refractivity contribution in [3.8, 4) is 5.75 Å². The van der Waals surface area contributed by atoms with Crippen LogP contribution in [0.15, 0.2) is 24.3 Å². The highest BCUT2D eigenvalue weighted by atomic mass is 16.7. The molecule has 1 heterocycles. The van der Waals surface area contributed by atoms with E-state index in [0.717, 1.165) is 0 Å². The van der Waals surface area contributed by atoms with E-state index in [9.17, 15) is 35.1 Å². The van der Waals surface area contributed by atoms with Crippen LogP contribution in [-0.4, -0.2) is 87.5 Å². The van der Waals surface area contributed by atoms with Gasteiger partial charge >= 0.3 is 11.9 Å². The van der Waals surface area contributed by atoms with Gasteiger partial charge in [0.2, 0.25) is 6.29 Å². The van der Waals surface area contributed by atoms with Crippen LogP contribution in [0.5, 0.6) is 5.75 Å². The molecule has 0 aliphatic carbocycles. The smallest absolute Gasteiger partial charge is 0.309 e. The lowest BCUT2D eigenvalue weighted by molar-refractivity contribution is -0.277. The van der Waals surface area contributed by atoms with Crippen molar-refractivity contribution < 1.29 is 54.1 Å². The molecule has 1 aromatic rings. The van der Waals surface area contributed by atoms with E-state index in [2.05, 4.69) is 4.74 Å². The van der Waals surface area contributed by atoms with E-state index < -0.39 is 54.9 Å². The molecule has 11 heteroatoms. The van der Waals surface area contributed by atoms with Crippen molar-refractivity contribution in [2.24, 2.45) is 0 Å². The molecule has 0 saturated carbocycles. The van der Waals surface area contributed by atoms with Crippen molar-refractivity contribution in [2.75, 3.05) is 13.7 Å². The van der Waals surface area contributed by atoms with Gasteiger partial charge in [-0.15, -0.1) is 0 Å². The van der Waals surface area contributed by atoms with Crippen LogP contribution in [0.1, 0.15) is 25.3 Å². The molecule has 31 heavy (non-hydrogen) atoms. The summed E-state index contributed by atoms with van der Waals surface area (Å²) in [6.07, 6.45) is -7.69. The second-order valence-electron chi connectivity index (χ2n) is 7.55. The SMILES string of the molecule is COC(=O)CC(C)(O)CC(=O)OCc1ccc(O[C@@H]2O[C@H](CO)[C@@H](O)[C@H](O)[C@H]2O)cc1. The molecule has 0 spiro atoms. The summed E-state index contributed by atoms with van der Waals surface area (Å²) in [4.78, 5) is 23.2. The van der Waals surface area contributed by atoms with E-state index in [0.29, 0.717) is 5.56 Å². The molecular weight excluding hydrogens is 416 g/mol. The average Bonchev–Trinajstić information content (AvgIpc) is 2.72. The van der Waals surface area contributed by atoms with Gasteiger partial charge in [-0.1, -0.05) is 12.1 Å². The first kappa shape index (κ1) is 25.0. The Labute approximate surface area is 178 Å². The zero-order chi connectivity index (χ0) is 23.2. The molecule has 1 aromatic carbocycles. The average molecular weight is 444 g/mol. The van der Waals surface area contributed by atoms with Gasteiger partial charge in [-0.05, 0) is 24.6 Å². The minimum Gasteiger partial charge on any atom is -0.469 e. The normalized spacial score (nSPS) is 27.8. The molecular formula is C20H28O11. The number of esters is 2. The molecule has 0 amide bonds. The Balaban J connectivity index is 1.86. The highest BCUT2D eigenvalue weighted by Crippen LogP contribution is 2.24. The van der Waals surface area contributed by atoms with Gasteiger partial charge in [-0.2, -0.15) is 0 Å². The van der Waals surface area contributed by atoms with Crippen molar-refractivity contribution in [1.29, 1.82) is 0 Å². The Morgan fingerprint density at radius 3 is 2.23 bits per heavy atom. The van der Waals surface area contributed by atoms with Gasteiger partial charge in [0.25, 0.3) is 0 Å². The highest BCUT2D eigenvalue weighted by Gasteiger charge is 2.44. The van der Waals surface area contributed by atoms with Crippen molar-refractivity contribution in [3.63, 3.8) is 0 Å². The molecule has 5 N–H and O–H groups in total. The van der Waals surface area contributed by atoms with Gasteiger partial charge in [-0.3, -0.25) is 9.59 Å². The van der Waals surface area contributed by atoms with E-state index in [4.69, 9.17) is 14.2 Å². The fraction of sp³-hybridized carbons (Fsp3) is 0.600. The highest BCUT2D eigenvalue weighted by molar-refractivity contribution is 5.74. The van der Waals surface area contributed by atoms with E-state index in [1.807, 2.05) is 0 Å². The number of ether oxygens (including phenoxy) is 4. The molecule has 2 rings (SSSR count). The van der Waals surface area contributed by atoms with Crippen LogP contribution in [0, 0.1) is 0 Å². The molecule has 1 aliphatic heterocycles. The monoisotopic (exact) mass is 444 g/mol. The third-order valence-electron chi connectivity index (χ3n) is 4.70. The van der Waals surface area contributed by atoms with Crippen molar-refractivity contribution in [1.82, 2.24) is 0 Å². The number of hydrogen-bond acceptors (Lipinski definition) is 11. The van der Waals surface area contributed by atoms with Crippen molar-refractivity contribution in [3.05, 3.63) is 29.8 Å². The van der Waals surface area contributed by atoms with Crippen LogP contribution in [0.2, 0.25) is 0 Å². The number of aliphatic hydroxyl groups is 5. The van der Waals surface area contributed by atoms with E-state index in [-0.39, 0.29) is 25.2 Å². The Morgan fingerprint density at radius 1 is 1.03 bits per heavy atom. The standard InChI is InChI=1S/C20H28O11/c1-20(27,7-14(22)28-2)8-15(23)29-10-11-3-5-12(6-4-11)30-19-18(26)17(25)16(24)13(9-21)31-19/h3-6,13,16-19,21,24-27H,7-10H2,1-2H3/t13-,16-,17+,18-,19-,20?/m1/s1. The lowest BCUT2D eigenvalue weighted by Crippen LogP contribution is -2.60. The number of aliphatic hydroxyl groups excluding tert-OH is 4. The summed E-state index contributed by atoms with van der Waals surface area (Å²) in [6, 6.07) is 6.19. The molecule has 1 saturated heterocycles. The largest absolute Gasteiger partial charge is 0.469 e. The lowest BCUT2D eigenvalue weighted by Gasteiger charge is -2.39. The van der Waals surface area contributed by atoms with E-state index in [1.165, 1.54) is 26.2 Å². The second kappa shape index (κ2) is 10.8. The van der Waals surface area contributed by atoms with Gasteiger partial charge in [0.15, 0.2) is 0 Å². The predicted molar refractivity (Wildman–Crippen MR) is 103 cm³/mol. The molecule has 1 aliphatic rings. The van der Waals surface area contributed by atoms with Crippen LogP contribution >= 0.6 is 0 Å². The Bertz CT molecular complexity index is 731. The molecule has 174 valence electrons. The molecule has 11 nitrogen and oxygen atoms in total. The third kappa shape index (κ3) is 7.13. The molecule has 1 fully saturated rings. The summed E-state index contributed by atoms with van der Waals surface area (Å²) in [5.41, 5.74) is -0.991. The number of carbonyl (C=O) groups excluding carboxylic acids is 2. The first-order chi connectivity index (χ1) is 14.6. The fourth-order valence-electron chi connectivity index (χ4n) is 2.93. The van der Waals surface area contributed by atoms with Crippen LogP contribution in [-0.2, 0) is 30.4 Å². The Kier molecular flexibility index (Phi) is 8.74. The number of benzene rings is 1. The van der Waals surface area contributed by atoms with Gasteiger partial charge in [-0.25, -0.2) is 0 Å². The Hall–Kier alpha value is -2.28. The number of hydrogen-bond donors (Lipinski definition) is 5. The maximum Gasteiger partial charge on any atom is 0.309 e. The first-order valence-corrected chi connectivity index (χ1v) is 9.57. The fourth-order valence-corrected chi connectivity index (χ4v) is 2.93. The maximum absolute atomic E-state index is 11.9. The van der Waals surface area contributed by atoms with Crippen molar-refractivity contribution >= 4 is 11.9 Å². The van der Waals surface area contributed by atoms with Crippen LogP contribution in [0.4, 0.5) is 0 Å². The zero-order valence-electron chi connectivity index (χ0n) is 17.2. The Morgan fingerprint density at radius 2 is 1.65 bits per heavy atom. The van der Waals surface area contributed by atoms with Gasteiger partial charge in [0.1, 0.15) is 36.8 Å². The minimum absolute atomic E-state index is 0.0898. The molecule has 0 bridgehead atoms. The maximum atomic E-state index is 11.9. The summed E-state index contributed by atoms with van der Waals surface area (Å²) >= 11 is 0. The van der Waals surface area contributed by atoms with Crippen LogP contribution < -0.4 is 4.74 Å². The molecule has 0 aromatic heterocycles. The number of rotatable bonds is 9. The van der Waals surface area contributed by atoms with E-state index >= 15 is 0 Å². The molecule has 6 atom stereocenters. The molecule has 1 unspecified atom stereocenters. The van der Waals surface area contributed by atoms with Crippen LogP contribution in [0.3, 0.4) is 0 Å². The summed E-state index contributed by atoms with van der Waals surface area (Å²) in [5, 5.41) is 48.8. The van der Waals surface area contributed by atoms with Gasteiger partial charge < -0.3 is 44.5 Å².